The Bertz CT molecular complexity index is 1210. The first-order chi connectivity index (χ1) is 16.1. The molecule has 6 heteroatoms. The van der Waals surface area contributed by atoms with Gasteiger partial charge in [-0.1, -0.05) is 49.9 Å². The summed E-state index contributed by atoms with van der Waals surface area (Å²) in [5.74, 6) is 0.513. The van der Waals surface area contributed by atoms with Gasteiger partial charge in [-0.05, 0) is 47.9 Å². The number of fused-ring (bicyclic) bond motifs is 2. The van der Waals surface area contributed by atoms with Crippen LogP contribution in [0.1, 0.15) is 41.8 Å². The molecule has 1 aromatic heterocycles. The molecule has 3 amide bonds. The van der Waals surface area contributed by atoms with E-state index in [0.29, 0.717) is 30.9 Å². The van der Waals surface area contributed by atoms with Gasteiger partial charge in [0, 0.05) is 18.2 Å². The topological polar surface area (TPSA) is 62.7 Å². The molecule has 2 aliphatic heterocycles. The normalized spacial score (nSPS) is 19.3. The van der Waals surface area contributed by atoms with Crippen LogP contribution in [0.15, 0.2) is 73.4 Å². The van der Waals surface area contributed by atoms with E-state index in [1.54, 1.807) is 29.3 Å². The Morgan fingerprint density at radius 3 is 2.58 bits per heavy atom. The van der Waals surface area contributed by atoms with E-state index in [9.17, 15) is 9.59 Å². The molecule has 6 nitrogen and oxygen atoms in total. The zero-order valence-electron chi connectivity index (χ0n) is 18.5. The predicted octanol–water partition coefficient (Wildman–Crippen LogP) is 5.15. The van der Waals surface area contributed by atoms with Crippen LogP contribution in [0.3, 0.4) is 0 Å². The number of pyridine rings is 1. The van der Waals surface area contributed by atoms with Gasteiger partial charge < -0.3 is 9.64 Å². The number of benzene rings is 2. The van der Waals surface area contributed by atoms with Gasteiger partial charge in [-0.15, -0.1) is 0 Å². The second kappa shape index (κ2) is 8.54. The van der Waals surface area contributed by atoms with Gasteiger partial charge in [-0.3, -0.25) is 9.78 Å². The Hall–Kier alpha value is -3.93. The molecule has 0 aliphatic carbocycles. The molecule has 2 aromatic carbocycles. The minimum atomic E-state index is -0.542. The number of carbonyl (C=O) groups excluding carboxylic acids is 2. The molecule has 5 rings (SSSR count). The first-order valence-electron chi connectivity index (χ1n) is 11.2. The highest BCUT2D eigenvalue weighted by atomic mass is 16.5. The van der Waals surface area contributed by atoms with Gasteiger partial charge in [0.2, 0.25) is 0 Å². The zero-order valence-corrected chi connectivity index (χ0v) is 18.5. The van der Waals surface area contributed by atoms with E-state index < -0.39 is 6.04 Å². The van der Waals surface area contributed by atoms with Gasteiger partial charge in [0.1, 0.15) is 18.4 Å². The number of nitrogens with zero attached hydrogens (tertiary/aromatic N) is 3. The van der Waals surface area contributed by atoms with Crippen molar-refractivity contribution in [2.75, 3.05) is 4.90 Å². The fraction of sp³-hybridized carbons (Fsp3) is 0.222. The van der Waals surface area contributed by atoms with Crippen LogP contribution < -0.4 is 9.64 Å². The van der Waals surface area contributed by atoms with Crippen LogP contribution in [0.5, 0.6) is 5.75 Å². The smallest absolute Gasteiger partial charge is 0.332 e. The van der Waals surface area contributed by atoms with Crippen molar-refractivity contribution in [3.05, 3.63) is 95.8 Å². The van der Waals surface area contributed by atoms with E-state index in [0.717, 1.165) is 22.4 Å². The second-order valence-electron chi connectivity index (χ2n) is 8.20. The Morgan fingerprint density at radius 2 is 1.88 bits per heavy atom. The third kappa shape index (κ3) is 3.48. The number of amides is 3. The molecule has 0 bridgehead atoms. The van der Waals surface area contributed by atoms with Crippen LogP contribution in [0.4, 0.5) is 10.5 Å². The molecule has 3 aromatic rings. The summed E-state index contributed by atoms with van der Waals surface area (Å²) >= 11 is 0. The first-order valence-corrected chi connectivity index (χ1v) is 11.2. The van der Waals surface area contributed by atoms with Crippen molar-refractivity contribution in [1.29, 1.82) is 0 Å². The lowest BCUT2D eigenvalue weighted by Gasteiger charge is -2.37. The monoisotopic (exact) mass is 439 g/mol. The van der Waals surface area contributed by atoms with Crippen molar-refractivity contribution in [3.8, 4) is 5.75 Å². The highest BCUT2D eigenvalue weighted by Crippen LogP contribution is 2.44. The Balaban J connectivity index is 1.51. The van der Waals surface area contributed by atoms with Gasteiger partial charge in [-0.25, -0.2) is 9.69 Å². The van der Waals surface area contributed by atoms with E-state index in [1.807, 2.05) is 55.5 Å². The van der Waals surface area contributed by atoms with Crippen molar-refractivity contribution < 1.29 is 14.3 Å². The van der Waals surface area contributed by atoms with E-state index in [-0.39, 0.29) is 18.0 Å². The predicted molar refractivity (Wildman–Crippen MR) is 127 cm³/mol. The lowest BCUT2D eigenvalue weighted by atomic mass is 9.84. The number of aromatic nitrogens is 1. The van der Waals surface area contributed by atoms with Crippen molar-refractivity contribution in [2.45, 2.75) is 38.5 Å². The number of hydrogen-bond acceptors (Lipinski definition) is 4. The molecule has 33 heavy (non-hydrogen) atoms. The van der Waals surface area contributed by atoms with Crippen LogP contribution in [-0.4, -0.2) is 27.9 Å². The largest absolute Gasteiger partial charge is 0.487 e. The third-order valence-electron chi connectivity index (χ3n) is 6.41. The summed E-state index contributed by atoms with van der Waals surface area (Å²) in [5, 5.41) is 0. The second-order valence-corrected chi connectivity index (χ2v) is 8.20. The Morgan fingerprint density at radius 1 is 1.09 bits per heavy atom. The molecule has 2 atom stereocenters. The SMILES string of the molecule is C=Cc1c(OCc2ccccn2)ccc2c1C[C@H]1C(=O)N(c3ccccc3)C(=O)N1C2CC. The maximum Gasteiger partial charge on any atom is 0.332 e. The standard InChI is InChI=1S/C27H25N3O3/c1-3-20-22-16-24-26(31)29(19-11-6-5-7-12-19)27(32)30(24)23(4-2)21(22)13-14-25(20)33-17-18-10-8-9-15-28-18/h3,5-15,23-24H,1,4,16-17H2,2H3/t23?,24-/m0/s1. The van der Waals surface area contributed by atoms with Crippen molar-refractivity contribution >= 4 is 23.7 Å². The van der Waals surface area contributed by atoms with Crippen molar-refractivity contribution in [1.82, 2.24) is 9.88 Å². The number of anilines is 1. The summed E-state index contributed by atoms with van der Waals surface area (Å²) in [4.78, 5) is 34.2. The molecule has 0 spiro atoms. The average molecular weight is 440 g/mol. The number of para-hydroxylation sites is 1. The van der Waals surface area contributed by atoms with Gasteiger partial charge in [0.05, 0.1) is 17.4 Å². The molecule has 0 saturated carbocycles. The molecule has 1 saturated heterocycles. The number of imide groups is 1. The van der Waals surface area contributed by atoms with Crippen molar-refractivity contribution in [2.24, 2.45) is 0 Å². The molecular weight excluding hydrogens is 414 g/mol. The summed E-state index contributed by atoms with van der Waals surface area (Å²) in [5.41, 5.74) is 4.37. The Labute approximate surface area is 193 Å². The highest BCUT2D eigenvalue weighted by Gasteiger charge is 2.51. The first kappa shape index (κ1) is 20.9. The fourth-order valence-electron chi connectivity index (χ4n) is 4.91. The quantitative estimate of drug-likeness (QED) is 0.499. The summed E-state index contributed by atoms with van der Waals surface area (Å²) in [7, 11) is 0. The summed E-state index contributed by atoms with van der Waals surface area (Å²) in [6.45, 7) is 6.40. The Kier molecular flexibility index (Phi) is 5.42. The van der Waals surface area contributed by atoms with Crippen LogP contribution >= 0.6 is 0 Å². The van der Waals surface area contributed by atoms with Gasteiger partial charge >= 0.3 is 6.03 Å². The highest BCUT2D eigenvalue weighted by molar-refractivity contribution is 6.21. The molecule has 166 valence electrons. The fourth-order valence-corrected chi connectivity index (χ4v) is 4.91. The molecule has 2 aliphatic rings. The summed E-state index contributed by atoms with van der Waals surface area (Å²) < 4.78 is 6.09. The number of rotatable bonds is 6. The van der Waals surface area contributed by atoms with Crippen molar-refractivity contribution in [3.63, 3.8) is 0 Å². The molecular formula is C27H25N3O3. The van der Waals surface area contributed by atoms with Crippen LogP contribution in [0.2, 0.25) is 0 Å². The lowest BCUT2D eigenvalue weighted by molar-refractivity contribution is -0.120. The summed E-state index contributed by atoms with van der Waals surface area (Å²) in [6.07, 6.45) is 4.66. The van der Waals surface area contributed by atoms with E-state index in [4.69, 9.17) is 4.74 Å². The van der Waals surface area contributed by atoms with Crippen LogP contribution in [0, 0.1) is 0 Å². The molecule has 0 radical (unpaired) electrons. The van der Waals surface area contributed by atoms with E-state index in [2.05, 4.69) is 11.6 Å². The minimum Gasteiger partial charge on any atom is -0.487 e. The van der Waals surface area contributed by atoms with Gasteiger partial charge in [-0.2, -0.15) is 0 Å². The van der Waals surface area contributed by atoms with E-state index in [1.165, 1.54) is 4.90 Å². The van der Waals surface area contributed by atoms with Crippen LogP contribution in [-0.2, 0) is 17.8 Å². The lowest BCUT2D eigenvalue weighted by Crippen LogP contribution is -2.43. The maximum atomic E-state index is 13.4. The molecule has 1 fully saturated rings. The molecule has 1 unspecified atom stereocenters. The van der Waals surface area contributed by atoms with Gasteiger partial charge in [0.15, 0.2) is 0 Å². The van der Waals surface area contributed by atoms with Gasteiger partial charge in [0.25, 0.3) is 5.91 Å². The molecule has 0 N–H and O–H groups in total. The number of urea groups is 1. The number of hydrogen-bond donors (Lipinski definition) is 0. The molecule has 3 heterocycles. The van der Waals surface area contributed by atoms with Crippen LogP contribution in [0.25, 0.3) is 6.08 Å². The van der Waals surface area contributed by atoms with E-state index >= 15 is 0 Å². The minimum absolute atomic E-state index is 0.188. The average Bonchev–Trinajstić information content (AvgIpc) is 3.11. The maximum absolute atomic E-state index is 13.4. The zero-order chi connectivity index (χ0) is 22.9. The third-order valence-corrected chi connectivity index (χ3v) is 6.41. The summed E-state index contributed by atoms with van der Waals surface area (Å²) in [6, 6.07) is 17.8. The number of carbonyl (C=O) groups is 2. The number of ether oxygens (including phenoxy) is 1.